The molecule has 264 valence electrons. The Hall–Kier alpha value is -7.21. The smallest absolute Gasteiger partial charge is 0.235 e. The van der Waals surface area contributed by atoms with Crippen molar-refractivity contribution in [1.29, 1.82) is 0 Å². The zero-order valence-electron chi connectivity index (χ0n) is 30.5. The van der Waals surface area contributed by atoms with Crippen LogP contribution in [0, 0.1) is 0 Å². The second-order valence-corrected chi connectivity index (χ2v) is 16.1. The first kappa shape index (κ1) is 31.0. The Morgan fingerprint density at radius 3 is 2.05 bits per heavy atom. The van der Waals surface area contributed by atoms with E-state index in [1.165, 1.54) is 63.9 Å². The summed E-state index contributed by atoms with van der Waals surface area (Å²) in [7, 11) is 0. The standard InChI is InChI=1S/C52H30N4S/c1-2-12-33-28-36(24-20-31(33)10-1)55-45-27-23-34(29-42(45)40-26-21-32-11-3-4-13-37(32)51(40)55)35-22-25-39-38-14-5-7-17-44(38)56(46(39)30-35)52-53-43-16-9-19-48-49(43)50(54-52)41-15-6-8-18-47(41)57-48/h1-30H. The van der Waals surface area contributed by atoms with Crippen molar-refractivity contribution in [3.05, 3.63) is 182 Å². The van der Waals surface area contributed by atoms with E-state index in [0.29, 0.717) is 5.95 Å². The number of aromatic nitrogens is 4. The van der Waals surface area contributed by atoms with Crippen molar-refractivity contribution in [1.82, 2.24) is 19.1 Å². The van der Waals surface area contributed by atoms with Crippen molar-refractivity contribution in [2.24, 2.45) is 0 Å². The molecule has 0 fully saturated rings. The van der Waals surface area contributed by atoms with Crippen molar-refractivity contribution < 1.29 is 0 Å². The van der Waals surface area contributed by atoms with Gasteiger partial charge in [0.25, 0.3) is 0 Å². The average molecular weight is 743 g/mol. The minimum Gasteiger partial charge on any atom is -0.309 e. The molecule has 0 N–H and O–H groups in total. The molecule has 4 nitrogen and oxygen atoms in total. The lowest BCUT2D eigenvalue weighted by Crippen LogP contribution is -2.05. The Morgan fingerprint density at radius 1 is 0.404 bits per heavy atom. The quantitative estimate of drug-likeness (QED) is 0.181. The molecule has 3 aromatic heterocycles. The van der Waals surface area contributed by atoms with Crippen LogP contribution < -0.4 is 0 Å². The van der Waals surface area contributed by atoms with E-state index in [-0.39, 0.29) is 0 Å². The van der Waals surface area contributed by atoms with E-state index in [2.05, 4.69) is 191 Å². The fraction of sp³-hybridized carbons (Fsp3) is 0. The van der Waals surface area contributed by atoms with E-state index in [0.717, 1.165) is 50.0 Å². The first-order valence-electron chi connectivity index (χ1n) is 19.3. The van der Waals surface area contributed by atoms with Gasteiger partial charge in [0.2, 0.25) is 5.95 Å². The molecule has 1 aliphatic heterocycles. The largest absolute Gasteiger partial charge is 0.309 e. The highest BCUT2D eigenvalue weighted by Gasteiger charge is 2.24. The molecule has 5 heteroatoms. The van der Waals surface area contributed by atoms with Crippen LogP contribution in [-0.4, -0.2) is 19.1 Å². The van der Waals surface area contributed by atoms with Crippen molar-refractivity contribution in [3.8, 4) is 34.0 Å². The third-order valence-corrected chi connectivity index (χ3v) is 13.0. The Balaban J connectivity index is 1.05. The number of hydrogen-bond acceptors (Lipinski definition) is 3. The molecule has 12 aromatic rings. The number of fused-ring (bicyclic) bond motifs is 11. The van der Waals surface area contributed by atoms with E-state index in [1.807, 2.05) is 0 Å². The summed E-state index contributed by atoms with van der Waals surface area (Å²) in [5, 5.41) is 10.9. The summed E-state index contributed by atoms with van der Waals surface area (Å²) in [5.74, 6) is 0.681. The fourth-order valence-corrected chi connectivity index (χ4v) is 10.4. The normalized spacial score (nSPS) is 12.5. The zero-order chi connectivity index (χ0) is 37.2. The molecule has 0 unspecified atom stereocenters. The van der Waals surface area contributed by atoms with Crippen LogP contribution in [0.1, 0.15) is 0 Å². The van der Waals surface area contributed by atoms with Gasteiger partial charge in [-0.25, -0.2) is 9.97 Å². The summed E-state index contributed by atoms with van der Waals surface area (Å²) in [6.45, 7) is 0. The number of rotatable bonds is 3. The summed E-state index contributed by atoms with van der Waals surface area (Å²) in [5.41, 5.74) is 11.2. The number of hydrogen-bond donors (Lipinski definition) is 0. The van der Waals surface area contributed by atoms with E-state index in [4.69, 9.17) is 9.97 Å². The lowest BCUT2D eigenvalue weighted by Gasteiger charge is -2.20. The minimum atomic E-state index is 0.681. The molecular weight excluding hydrogens is 713 g/mol. The number of nitrogens with zero attached hydrogens (tertiary/aromatic N) is 4. The van der Waals surface area contributed by atoms with Gasteiger partial charge in [0, 0.05) is 53.4 Å². The van der Waals surface area contributed by atoms with Crippen LogP contribution in [-0.2, 0) is 0 Å². The SMILES string of the molecule is c1ccc2c(c1)Sc1cccc3nc(-n4c5ccccc5c5ccc(-c6ccc7c(c6)c6ccc8ccccc8c6n7-c6ccc7ccccc7c6)cc54)nc-2c13. The molecule has 13 rings (SSSR count). The molecule has 0 aliphatic carbocycles. The van der Waals surface area contributed by atoms with Gasteiger partial charge in [-0.15, -0.1) is 0 Å². The summed E-state index contributed by atoms with van der Waals surface area (Å²) in [4.78, 5) is 13.1. The highest BCUT2D eigenvalue weighted by Crippen LogP contribution is 2.47. The first-order valence-corrected chi connectivity index (χ1v) is 20.1. The van der Waals surface area contributed by atoms with Gasteiger partial charge in [0.1, 0.15) is 0 Å². The van der Waals surface area contributed by atoms with Crippen molar-refractivity contribution in [2.75, 3.05) is 0 Å². The van der Waals surface area contributed by atoms with Crippen LogP contribution >= 0.6 is 11.8 Å². The summed E-state index contributed by atoms with van der Waals surface area (Å²) in [6, 6.07) is 66.2. The van der Waals surface area contributed by atoms with Gasteiger partial charge >= 0.3 is 0 Å². The van der Waals surface area contributed by atoms with Gasteiger partial charge in [-0.05, 0) is 81.9 Å². The van der Waals surface area contributed by atoms with Gasteiger partial charge in [-0.1, -0.05) is 139 Å². The lowest BCUT2D eigenvalue weighted by atomic mass is 10.0. The number of para-hydroxylation sites is 1. The molecule has 0 atom stereocenters. The predicted octanol–water partition coefficient (Wildman–Crippen LogP) is 13.9. The maximum atomic E-state index is 5.40. The molecule has 0 spiro atoms. The van der Waals surface area contributed by atoms with Gasteiger partial charge in [0.05, 0.1) is 33.3 Å². The monoisotopic (exact) mass is 742 g/mol. The molecule has 57 heavy (non-hydrogen) atoms. The summed E-state index contributed by atoms with van der Waals surface area (Å²) < 4.78 is 4.72. The van der Waals surface area contributed by atoms with Crippen LogP contribution in [0.4, 0.5) is 0 Å². The molecule has 0 bridgehead atoms. The minimum absolute atomic E-state index is 0.681. The topological polar surface area (TPSA) is 35.6 Å². The molecule has 0 amide bonds. The van der Waals surface area contributed by atoms with Crippen LogP contribution in [0.25, 0.3) is 110 Å². The van der Waals surface area contributed by atoms with Gasteiger partial charge in [-0.2, -0.15) is 0 Å². The van der Waals surface area contributed by atoms with Crippen LogP contribution in [0.5, 0.6) is 0 Å². The van der Waals surface area contributed by atoms with E-state index in [9.17, 15) is 0 Å². The Bertz CT molecular complexity index is 3690. The highest BCUT2D eigenvalue weighted by molar-refractivity contribution is 7.99. The van der Waals surface area contributed by atoms with Gasteiger partial charge in [-0.3, -0.25) is 4.57 Å². The molecule has 0 saturated heterocycles. The van der Waals surface area contributed by atoms with E-state index >= 15 is 0 Å². The molecule has 0 saturated carbocycles. The average Bonchev–Trinajstić information content (AvgIpc) is 3.79. The zero-order valence-corrected chi connectivity index (χ0v) is 31.3. The fourth-order valence-electron chi connectivity index (χ4n) is 9.30. The Labute approximate surface area is 331 Å². The number of benzene rings is 9. The summed E-state index contributed by atoms with van der Waals surface area (Å²) in [6.07, 6.45) is 0. The van der Waals surface area contributed by atoms with Crippen molar-refractivity contribution >= 4 is 87.8 Å². The molecule has 4 heterocycles. The molecule has 0 radical (unpaired) electrons. The van der Waals surface area contributed by atoms with Crippen molar-refractivity contribution in [3.63, 3.8) is 0 Å². The maximum absolute atomic E-state index is 5.40. The first-order chi connectivity index (χ1) is 28.2. The summed E-state index contributed by atoms with van der Waals surface area (Å²) >= 11 is 1.80. The third-order valence-electron chi connectivity index (χ3n) is 11.9. The van der Waals surface area contributed by atoms with Crippen molar-refractivity contribution in [2.45, 2.75) is 9.79 Å². The maximum Gasteiger partial charge on any atom is 0.235 e. The molecular formula is C52H30N4S. The van der Waals surface area contributed by atoms with Crippen LogP contribution in [0.3, 0.4) is 0 Å². The van der Waals surface area contributed by atoms with Gasteiger partial charge in [0.15, 0.2) is 0 Å². The lowest BCUT2D eigenvalue weighted by molar-refractivity contribution is 1.01. The predicted molar refractivity (Wildman–Crippen MR) is 238 cm³/mol. The Morgan fingerprint density at radius 2 is 1.11 bits per heavy atom. The van der Waals surface area contributed by atoms with Crippen LogP contribution in [0.15, 0.2) is 192 Å². The van der Waals surface area contributed by atoms with E-state index < -0.39 is 0 Å². The molecule has 9 aromatic carbocycles. The second-order valence-electron chi connectivity index (χ2n) is 15.0. The highest BCUT2D eigenvalue weighted by atomic mass is 32.2. The van der Waals surface area contributed by atoms with Gasteiger partial charge < -0.3 is 4.57 Å². The third kappa shape index (κ3) is 4.46. The second kappa shape index (κ2) is 11.7. The molecule has 1 aliphatic rings. The van der Waals surface area contributed by atoms with Crippen LogP contribution in [0.2, 0.25) is 0 Å². The van der Waals surface area contributed by atoms with E-state index in [1.54, 1.807) is 11.8 Å². The Kier molecular flexibility index (Phi) is 6.35.